The normalized spacial score (nSPS) is 14.5. The van der Waals surface area contributed by atoms with Gasteiger partial charge in [0.05, 0.1) is 20.8 Å². The van der Waals surface area contributed by atoms with Gasteiger partial charge in [0.1, 0.15) is 5.69 Å². The molecule has 7 nitrogen and oxygen atoms in total. The van der Waals surface area contributed by atoms with Gasteiger partial charge in [0.15, 0.2) is 17.3 Å². The van der Waals surface area contributed by atoms with Gasteiger partial charge in [0.25, 0.3) is 0 Å². The Morgan fingerprint density at radius 2 is 1.79 bits per heavy atom. The summed E-state index contributed by atoms with van der Waals surface area (Å²) in [5.41, 5.74) is 4.25. The smallest absolute Gasteiger partial charge is 0.170 e. The predicted molar refractivity (Wildman–Crippen MR) is 131 cm³/mol. The Hall–Kier alpha value is -3.03. The Balaban J connectivity index is 1.17. The summed E-state index contributed by atoms with van der Waals surface area (Å²) in [6.45, 7) is 9.24. The zero-order chi connectivity index (χ0) is 23.0. The summed E-state index contributed by atoms with van der Waals surface area (Å²) in [5.74, 6) is 2.15. The first-order valence-electron chi connectivity index (χ1n) is 11.6. The zero-order valence-electron chi connectivity index (χ0n) is 19.8. The SMILES string of the molecule is COc1cccc(-c2cc(CNCCCN3CCN(c4ccc(C)cc4)CC3)on2)c1OC. The maximum Gasteiger partial charge on any atom is 0.170 e. The second-order valence-corrected chi connectivity index (χ2v) is 8.41. The first-order valence-corrected chi connectivity index (χ1v) is 11.6. The summed E-state index contributed by atoms with van der Waals surface area (Å²) >= 11 is 0. The first-order chi connectivity index (χ1) is 16.2. The third kappa shape index (κ3) is 5.86. The number of para-hydroxylation sites is 1. The van der Waals surface area contributed by atoms with Crippen molar-refractivity contribution in [2.24, 2.45) is 0 Å². The minimum atomic E-state index is 0.653. The fraction of sp³-hybridized carbons (Fsp3) is 0.423. The molecule has 0 aliphatic carbocycles. The van der Waals surface area contributed by atoms with Crippen LogP contribution < -0.4 is 19.7 Å². The molecule has 1 aliphatic heterocycles. The molecule has 0 amide bonds. The highest BCUT2D eigenvalue weighted by molar-refractivity contribution is 5.71. The van der Waals surface area contributed by atoms with Crippen molar-refractivity contribution in [2.45, 2.75) is 19.9 Å². The molecule has 0 saturated carbocycles. The Morgan fingerprint density at radius 1 is 1.00 bits per heavy atom. The van der Waals surface area contributed by atoms with Crippen LogP contribution in [0.5, 0.6) is 11.5 Å². The van der Waals surface area contributed by atoms with Gasteiger partial charge in [0.2, 0.25) is 0 Å². The molecular formula is C26H34N4O3. The van der Waals surface area contributed by atoms with Crippen LogP contribution in [0.3, 0.4) is 0 Å². The van der Waals surface area contributed by atoms with Crippen molar-refractivity contribution >= 4 is 5.69 Å². The molecule has 0 spiro atoms. The van der Waals surface area contributed by atoms with E-state index in [0.29, 0.717) is 18.0 Å². The van der Waals surface area contributed by atoms with Crippen molar-refractivity contribution in [2.75, 3.05) is 58.4 Å². The van der Waals surface area contributed by atoms with Crippen LogP contribution in [0.4, 0.5) is 5.69 Å². The largest absolute Gasteiger partial charge is 0.493 e. The van der Waals surface area contributed by atoms with E-state index in [1.807, 2.05) is 24.3 Å². The number of nitrogens with zero attached hydrogens (tertiary/aromatic N) is 3. The summed E-state index contributed by atoms with van der Waals surface area (Å²) in [6.07, 6.45) is 1.11. The minimum absolute atomic E-state index is 0.653. The van der Waals surface area contributed by atoms with Crippen molar-refractivity contribution in [3.63, 3.8) is 0 Å². The highest BCUT2D eigenvalue weighted by atomic mass is 16.5. The summed E-state index contributed by atoms with van der Waals surface area (Å²) in [6, 6.07) is 16.5. The van der Waals surface area contributed by atoms with Crippen LogP contribution in [0.25, 0.3) is 11.3 Å². The van der Waals surface area contributed by atoms with Gasteiger partial charge in [-0.15, -0.1) is 0 Å². The summed E-state index contributed by atoms with van der Waals surface area (Å²) in [7, 11) is 3.26. The molecule has 4 rings (SSSR count). The number of benzene rings is 2. The summed E-state index contributed by atoms with van der Waals surface area (Å²) in [4.78, 5) is 5.03. The maximum absolute atomic E-state index is 5.52. The van der Waals surface area contributed by atoms with Crippen molar-refractivity contribution in [3.05, 3.63) is 59.9 Å². The number of methoxy groups -OCH3 is 2. The lowest BCUT2D eigenvalue weighted by Gasteiger charge is -2.36. The van der Waals surface area contributed by atoms with E-state index in [-0.39, 0.29) is 0 Å². The lowest BCUT2D eigenvalue weighted by Crippen LogP contribution is -2.46. The number of aromatic nitrogens is 1. The summed E-state index contributed by atoms with van der Waals surface area (Å²) < 4.78 is 16.4. The second kappa shape index (κ2) is 11.2. The maximum atomic E-state index is 5.52. The lowest BCUT2D eigenvalue weighted by molar-refractivity contribution is 0.253. The van der Waals surface area contributed by atoms with E-state index in [4.69, 9.17) is 14.0 Å². The molecular weight excluding hydrogens is 416 g/mol. The van der Waals surface area contributed by atoms with Gasteiger partial charge < -0.3 is 24.2 Å². The number of hydrogen-bond donors (Lipinski definition) is 1. The molecule has 3 aromatic rings. The summed E-state index contributed by atoms with van der Waals surface area (Å²) in [5, 5.41) is 7.69. The van der Waals surface area contributed by atoms with Gasteiger partial charge in [-0.2, -0.15) is 0 Å². The van der Waals surface area contributed by atoms with Gasteiger partial charge in [-0.05, 0) is 50.7 Å². The number of piperazine rings is 1. The van der Waals surface area contributed by atoms with E-state index < -0.39 is 0 Å². The first kappa shape index (κ1) is 23.1. The average molecular weight is 451 g/mol. The van der Waals surface area contributed by atoms with Crippen LogP contribution in [0.15, 0.2) is 53.1 Å². The molecule has 0 atom stereocenters. The van der Waals surface area contributed by atoms with Gasteiger partial charge >= 0.3 is 0 Å². The third-order valence-corrected chi connectivity index (χ3v) is 6.14. The van der Waals surface area contributed by atoms with E-state index in [2.05, 4.69) is 51.5 Å². The van der Waals surface area contributed by atoms with Crippen molar-refractivity contribution < 1.29 is 14.0 Å². The Bertz CT molecular complexity index is 1010. The number of hydrogen-bond acceptors (Lipinski definition) is 7. The number of aryl methyl sites for hydroxylation is 1. The van der Waals surface area contributed by atoms with Crippen LogP contribution in [0, 0.1) is 6.92 Å². The molecule has 2 aromatic carbocycles. The van der Waals surface area contributed by atoms with Gasteiger partial charge in [-0.25, -0.2) is 0 Å². The van der Waals surface area contributed by atoms with Crippen molar-refractivity contribution in [1.29, 1.82) is 0 Å². The van der Waals surface area contributed by atoms with Crippen molar-refractivity contribution in [3.8, 4) is 22.8 Å². The second-order valence-electron chi connectivity index (χ2n) is 8.41. The monoisotopic (exact) mass is 450 g/mol. The average Bonchev–Trinajstić information content (AvgIpc) is 3.33. The molecule has 2 heterocycles. The Labute approximate surface area is 196 Å². The van der Waals surface area contributed by atoms with E-state index in [1.165, 1.54) is 11.3 Å². The topological polar surface area (TPSA) is 63.0 Å². The fourth-order valence-electron chi connectivity index (χ4n) is 4.24. The van der Waals surface area contributed by atoms with Crippen molar-refractivity contribution in [1.82, 2.24) is 15.4 Å². The molecule has 33 heavy (non-hydrogen) atoms. The molecule has 0 unspecified atom stereocenters. The molecule has 1 aromatic heterocycles. The Kier molecular flexibility index (Phi) is 7.86. The van der Waals surface area contributed by atoms with E-state index in [1.54, 1.807) is 14.2 Å². The van der Waals surface area contributed by atoms with Gasteiger partial charge in [-0.1, -0.05) is 28.9 Å². The number of ether oxygens (including phenoxy) is 2. The predicted octanol–water partition coefficient (Wildman–Crippen LogP) is 3.97. The molecule has 1 saturated heterocycles. The molecule has 1 N–H and O–H groups in total. The van der Waals surface area contributed by atoms with Crippen LogP contribution >= 0.6 is 0 Å². The Morgan fingerprint density at radius 3 is 2.52 bits per heavy atom. The van der Waals surface area contributed by atoms with Gasteiger partial charge in [0, 0.05) is 43.5 Å². The molecule has 1 fully saturated rings. The molecule has 0 bridgehead atoms. The van der Waals surface area contributed by atoms with E-state index in [9.17, 15) is 0 Å². The van der Waals surface area contributed by atoms with Crippen LogP contribution in [0.2, 0.25) is 0 Å². The van der Waals surface area contributed by atoms with E-state index in [0.717, 1.165) is 62.7 Å². The zero-order valence-corrected chi connectivity index (χ0v) is 19.8. The fourth-order valence-corrected chi connectivity index (χ4v) is 4.24. The molecule has 7 heteroatoms. The number of anilines is 1. The molecule has 176 valence electrons. The number of nitrogens with one attached hydrogen (secondary N) is 1. The molecule has 0 radical (unpaired) electrons. The van der Waals surface area contributed by atoms with Gasteiger partial charge in [-0.3, -0.25) is 4.90 Å². The minimum Gasteiger partial charge on any atom is -0.493 e. The number of rotatable bonds is 10. The van der Waals surface area contributed by atoms with Crippen LogP contribution in [0.1, 0.15) is 17.7 Å². The quantitative estimate of drug-likeness (QED) is 0.469. The highest BCUT2D eigenvalue weighted by Crippen LogP contribution is 2.37. The highest BCUT2D eigenvalue weighted by Gasteiger charge is 2.17. The molecule has 1 aliphatic rings. The third-order valence-electron chi connectivity index (χ3n) is 6.14. The van der Waals surface area contributed by atoms with E-state index >= 15 is 0 Å². The standard InChI is InChI=1S/C26H34N4O3/c1-20-8-10-21(11-9-20)30-16-14-29(15-17-30)13-5-12-27-19-22-18-24(28-33-22)23-6-4-7-25(31-2)26(23)32-3/h4,6-11,18,27H,5,12-17,19H2,1-3H3. The van der Waals surface area contributed by atoms with Crippen LogP contribution in [-0.4, -0.2) is 63.5 Å². The lowest BCUT2D eigenvalue weighted by atomic mass is 10.1. The van der Waals surface area contributed by atoms with Crippen LogP contribution in [-0.2, 0) is 6.54 Å².